The molecule has 0 saturated carbocycles. The fourth-order valence-electron chi connectivity index (χ4n) is 3.92. The van der Waals surface area contributed by atoms with Gasteiger partial charge in [0.25, 0.3) is 0 Å². The average molecular weight is 546 g/mol. The van der Waals surface area contributed by atoms with E-state index in [9.17, 15) is 0 Å². The Bertz CT molecular complexity index is 973. The van der Waals surface area contributed by atoms with Crippen molar-refractivity contribution in [1.29, 1.82) is 0 Å². The number of ether oxygens (including phenoxy) is 1. The van der Waals surface area contributed by atoms with Crippen LogP contribution in [0.5, 0.6) is 0 Å². The molecule has 0 spiro atoms. The first kappa shape index (κ1) is 24.2. The smallest absolute Gasteiger partial charge is 0.191 e. The lowest BCUT2D eigenvalue weighted by molar-refractivity contribution is -0.0265. The Labute approximate surface area is 206 Å². The van der Waals surface area contributed by atoms with Crippen molar-refractivity contribution in [2.45, 2.75) is 32.4 Å². The van der Waals surface area contributed by atoms with Crippen LogP contribution in [0.1, 0.15) is 35.6 Å². The highest BCUT2D eigenvalue weighted by Crippen LogP contribution is 2.33. The van der Waals surface area contributed by atoms with Crippen LogP contribution in [0.15, 0.2) is 66.2 Å². The molecule has 4 rings (SSSR count). The van der Waals surface area contributed by atoms with Crippen LogP contribution in [0.25, 0.3) is 5.69 Å². The number of hydrogen-bond acceptors (Lipinski definition) is 4. The van der Waals surface area contributed by atoms with Crippen molar-refractivity contribution in [3.05, 3.63) is 77.9 Å². The maximum Gasteiger partial charge on any atom is 0.191 e. The first-order valence-corrected chi connectivity index (χ1v) is 10.8. The highest BCUT2D eigenvalue weighted by Gasteiger charge is 2.27. The van der Waals surface area contributed by atoms with Gasteiger partial charge in [-0.1, -0.05) is 42.0 Å². The van der Waals surface area contributed by atoms with Crippen molar-refractivity contribution in [3.8, 4) is 5.69 Å². The van der Waals surface area contributed by atoms with Gasteiger partial charge in [-0.2, -0.15) is 5.10 Å². The summed E-state index contributed by atoms with van der Waals surface area (Å²) in [6, 6.07) is 16.9. The molecule has 3 aromatic rings. The third kappa shape index (κ3) is 6.29. The Morgan fingerprint density at radius 3 is 2.59 bits per heavy atom. The Balaban J connectivity index is 0.00000289. The molecular formula is C24H31IN6O. The molecule has 1 aliphatic rings. The van der Waals surface area contributed by atoms with Crippen LogP contribution in [0.3, 0.4) is 0 Å². The van der Waals surface area contributed by atoms with Crippen LogP contribution in [-0.2, 0) is 11.3 Å². The molecule has 2 unspecified atom stereocenters. The Hall–Kier alpha value is -2.46. The van der Waals surface area contributed by atoms with Gasteiger partial charge < -0.3 is 15.4 Å². The predicted molar refractivity (Wildman–Crippen MR) is 138 cm³/mol. The van der Waals surface area contributed by atoms with Gasteiger partial charge in [0.2, 0.25) is 0 Å². The SMILES string of the molecule is CN=C(NCc1ccc(-n2cncn2)cc1)NCC1CCCOC1c1ccc(C)cc1.I. The number of halogens is 1. The Morgan fingerprint density at radius 2 is 1.91 bits per heavy atom. The van der Waals surface area contributed by atoms with E-state index in [2.05, 4.69) is 69.0 Å². The number of aliphatic imine (C=N–C) groups is 1. The number of benzene rings is 2. The largest absolute Gasteiger partial charge is 0.373 e. The highest BCUT2D eigenvalue weighted by molar-refractivity contribution is 14.0. The maximum atomic E-state index is 6.14. The minimum atomic E-state index is 0. The number of nitrogens with one attached hydrogen (secondary N) is 2. The summed E-state index contributed by atoms with van der Waals surface area (Å²) in [5, 5.41) is 11.1. The summed E-state index contributed by atoms with van der Waals surface area (Å²) in [4.78, 5) is 8.37. The summed E-state index contributed by atoms with van der Waals surface area (Å²) in [6.07, 6.45) is 5.60. The molecule has 0 bridgehead atoms. The third-order valence-electron chi connectivity index (χ3n) is 5.69. The quantitative estimate of drug-likeness (QED) is 0.278. The molecule has 1 fully saturated rings. The molecule has 0 aliphatic carbocycles. The number of aryl methyl sites for hydroxylation is 1. The van der Waals surface area contributed by atoms with E-state index in [1.165, 1.54) is 23.0 Å². The number of rotatable bonds is 6. The summed E-state index contributed by atoms with van der Waals surface area (Å²) >= 11 is 0. The van der Waals surface area contributed by atoms with Gasteiger partial charge in [0.05, 0.1) is 11.8 Å². The van der Waals surface area contributed by atoms with Crippen molar-refractivity contribution in [3.63, 3.8) is 0 Å². The molecule has 2 aromatic carbocycles. The lowest BCUT2D eigenvalue weighted by atomic mass is 9.89. The molecule has 1 aromatic heterocycles. The van der Waals surface area contributed by atoms with Gasteiger partial charge in [-0.05, 0) is 43.0 Å². The molecule has 7 nitrogen and oxygen atoms in total. The summed E-state index contributed by atoms with van der Waals surface area (Å²) in [7, 11) is 1.80. The fourth-order valence-corrected chi connectivity index (χ4v) is 3.92. The van der Waals surface area contributed by atoms with Crippen molar-refractivity contribution in [2.24, 2.45) is 10.9 Å². The molecule has 1 saturated heterocycles. The van der Waals surface area contributed by atoms with Gasteiger partial charge in [-0.15, -0.1) is 24.0 Å². The van der Waals surface area contributed by atoms with Crippen molar-refractivity contribution in [1.82, 2.24) is 25.4 Å². The first-order chi connectivity index (χ1) is 15.2. The Kier molecular flexibility index (Phi) is 9.04. The zero-order chi connectivity index (χ0) is 21.5. The van der Waals surface area contributed by atoms with Crippen molar-refractivity contribution in [2.75, 3.05) is 20.2 Å². The molecule has 32 heavy (non-hydrogen) atoms. The zero-order valence-electron chi connectivity index (χ0n) is 18.6. The number of aromatic nitrogens is 3. The van der Waals surface area contributed by atoms with E-state index in [0.717, 1.165) is 37.6 Å². The molecule has 8 heteroatoms. The number of nitrogens with zero attached hydrogens (tertiary/aromatic N) is 4. The zero-order valence-corrected chi connectivity index (χ0v) is 20.9. The highest BCUT2D eigenvalue weighted by atomic mass is 127. The van der Waals surface area contributed by atoms with E-state index in [-0.39, 0.29) is 30.1 Å². The minimum absolute atomic E-state index is 0. The summed E-state index contributed by atoms with van der Waals surface area (Å²) in [5.41, 5.74) is 4.69. The van der Waals surface area contributed by atoms with Crippen molar-refractivity contribution < 1.29 is 4.74 Å². The lowest BCUT2D eigenvalue weighted by Gasteiger charge is -2.32. The van der Waals surface area contributed by atoms with E-state index in [1.807, 2.05) is 12.1 Å². The van der Waals surface area contributed by atoms with Crippen LogP contribution >= 0.6 is 24.0 Å². The minimum Gasteiger partial charge on any atom is -0.373 e. The molecule has 0 amide bonds. The third-order valence-corrected chi connectivity index (χ3v) is 5.69. The van der Waals surface area contributed by atoms with Crippen LogP contribution in [-0.4, -0.2) is 40.9 Å². The summed E-state index contributed by atoms with van der Waals surface area (Å²) in [5.74, 6) is 1.21. The van der Waals surface area contributed by atoms with Crippen LogP contribution in [0.2, 0.25) is 0 Å². The van der Waals surface area contributed by atoms with Gasteiger partial charge in [0.1, 0.15) is 12.7 Å². The molecule has 2 N–H and O–H groups in total. The van der Waals surface area contributed by atoms with Gasteiger partial charge in [-0.25, -0.2) is 9.67 Å². The van der Waals surface area contributed by atoms with E-state index < -0.39 is 0 Å². The molecule has 2 atom stereocenters. The topological polar surface area (TPSA) is 76.4 Å². The van der Waals surface area contributed by atoms with Crippen molar-refractivity contribution >= 4 is 29.9 Å². The summed E-state index contributed by atoms with van der Waals surface area (Å²) < 4.78 is 7.89. The Morgan fingerprint density at radius 1 is 1.12 bits per heavy atom. The summed E-state index contributed by atoms with van der Waals surface area (Å²) in [6.45, 7) is 4.46. The normalized spacial score (nSPS) is 18.6. The van der Waals surface area contributed by atoms with E-state index in [4.69, 9.17) is 4.74 Å². The van der Waals surface area contributed by atoms with E-state index in [0.29, 0.717) is 12.5 Å². The second kappa shape index (κ2) is 12.0. The standard InChI is InChI=1S/C24H30N6O.HI/c1-18-5-9-20(10-6-18)23-21(4-3-13-31-23)15-28-24(25-2)27-14-19-7-11-22(12-8-19)30-17-26-16-29-30;/h5-12,16-17,21,23H,3-4,13-15H2,1-2H3,(H2,25,27,28);1H. The predicted octanol–water partition coefficient (Wildman–Crippen LogP) is 4.03. The molecule has 0 radical (unpaired) electrons. The second-order valence-electron chi connectivity index (χ2n) is 7.92. The van der Waals surface area contributed by atoms with Crippen LogP contribution < -0.4 is 10.6 Å². The monoisotopic (exact) mass is 546 g/mol. The number of hydrogen-bond donors (Lipinski definition) is 2. The van der Waals surface area contributed by atoms with Gasteiger partial charge in [0.15, 0.2) is 5.96 Å². The van der Waals surface area contributed by atoms with Gasteiger partial charge in [0, 0.05) is 32.7 Å². The molecule has 1 aliphatic heterocycles. The average Bonchev–Trinajstić information content (AvgIpc) is 3.35. The fraction of sp³-hybridized carbons (Fsp3) is 0.375. The van der Waals surface area contributed by atoms with Gasteiger partial charge in [-0.3, -0.25) is 4.99 Å². The second-order valence-corrected chi connectivity index (χ2v) is 7.92. The van der Waals surface area contributed by atoms with E-state index >= 15 is 0 Å². The van der Waals surface area contributed by atoms with Gasteiger partial charge >= 0.3 is 0 Å². The molecule has 170 valence electrons. The maximum absolute atomic E-state index is 6.14. The first-order valence-electron chi connectivity index (χ1n) is 10.8. The lowest BCUT2D eigenvalue weighted by Crippen LogP contribution is -2.41. The van der Waals surface area contributed by atoms with E-state index in [1.54, 1.807) is 18.1 Å². The van der Waals surface area contributed by atoms with Crippen LogP contribution in [0, 0.1) is 12.8 Å². The number of guanidine groups is 1. The van der Waals surface area contributed by atoms with Crippen LogP contribution in [0.4, 0.5) is 0 Å². The molecular weight excluding hydrogens is 515 g/mol. The molecule has 2 heterocycles.